The zero-order valence-corrected chi connectivity index (χ0v) is 17.2. The Morgan fingerprint density at radius 2 is 1.71 bits per heavy atom. The molecule has 31 heavy (non-hydrogen) atoms. The van der Waals surface area contributed by atoms with Crippen LogP contribution in [0.25, 0.3) is 5.69 Å². The highest BCUT2D eigenvalue weighted by Crippen LogP contribution is 2.31. The summed E-state index contributed by atoms with van der Waals surface area (Å²) in [7, 11) is 2.70. The molecule has 0 aliphatic heterocycles. The van der Waals surface area contributed by atoms with Crippen LogP contribution in [0.5, 0.6) is 11.5 Å². The van der Waals surface area contributed by atoms with Gasteiger partial charge in [0.25, 0.3) is 0 Å². The molecule has 160 valence electrons. The lowest BCUT2D eigenvalue weighted by Crippen LogP contribution is -2.14. The zero-order valence-electron chi connectivity index (χ0n) is 17.2. The van der Waals surface area contributed by atoms with Gasteiger partial charge < -0.3 is 14.2 Å². The van der Waals surface area contributed by atoms with Gasteiger partial charge in [0.2, 0.25) is 0 Å². The Hall–Kier alpha value is -3.68. The van der Waals surface area contributed by atoms with Crippen LogP contribution < -0.4 is 9.47 Å². The van der Waals surface area contributed by atoms with Crippen LogP contribution in [-0.4, -0.2) is 35.9 Å². The minimum Gasteiger partial charge on any atom is -0.493 e. The van der Waals surface area contributed by atoms with Gasteiger partial charge in [0.15, 0.2) is 17.2 Å². The lowest BCUT2D eigenvalue weighted by molar-refractivity contribution is 0.0600. The highest BCUT2D eigenvalue weighted by Gasteiger charge is 2.27. The fourth-order valence-electron chi connectivity index (χ4n) is 3.70. The number of esters is 2. The molecule has 0 bridgehead atoms. The van der Waals surface area contributed by atoms with E-state index in [1.54, 1.807) is 16.8 Å². The molecule has 1 aliphatic carbocycles. The second kappa shape index (κ2) is 8.59. The van der Waals surface area contributed by atoms with Gasteiger partial charge in [-0.2, -0.15) is 5.10 Å². The van der Waals surface area contributed by atoms with E-state index in [0.29, 0.717) is 12.1 Å². The highest BCUT2D eigenvalue weighted by atomic mass is 19.1. The summed E-state index contributed by atoms with van der Waals surface area (Å²) >= 11 is 0. The molecule has 0 saturated heterocycles. The number of carbonyl (C=O) groups excluding carboxylic acids is 2. The fourth-order valence-corrected chi connectivity index (χ4v) is 3.70. The van der Waals surface area contributed by atoms with E-state index in [-0.39, 0.29) is 28.6 Å². The van der Waals surface area contributed by atoms with Crippen molar-refractivity contribution in [2.24, 2.45) is 0 Å². The molecule has 1 aromatic heterocycles. The van der Waals surface area contributed by atoms with Crippen molar-refractivity contribution in [2.45, 2.75) is 25.7 Å². The smallest absolute Gasteiger partial charge is 0.364 e. The molecule has 0 spiro atoms. The summed E-state index contributed by atoms with van der Waals surface area (Å²) in [5.74, 6) is -1.09. The quantitative estimate of drug-likeness (QED) is 0.457. The molecule has 0 unspecified atom stereocenters. The third-order valence-corrected chi connectivity index (χ3v) is 5.23. The zero-order chi connectivity index (χ0) is 22.0. The monoisotopic (exact) mass is 424 g/mol. The van der Waals surface area contributed by atoms with Crippen LogP contribution in [0.3, 0.4) is 0 Å². The average Bonchev–Trinajstić information content (AvgIpc) is 3.19. The highest BCUT2D eigenvalue weighted by molar-refractivity contribution is 5.93. The predicted octanol–water partition coefficient (Wildman–Crippen LogP) is 3.90. The molecular formula is C23H21FN2O5. The van der Waals surface area contributed by atoms with Crippen molar-refractivity contribution < 1.29 is 28.2 Å². The summed E-state index contributed by atoms with van der Waals surface area (Å²) in [6.45, 7) is 0. The number of carbonyl (C=O) groups is 2. The molecular weight excluding hydrogens is 403 g/mol. The lowest BCUT2D eigenvalue weighted by Gasteiger charge is -2.14. The van der Waals surface area contributed by atoms with Crippen molar-refractivity contribution in [3.63, 3.8) is 0 Å². The molecule has 0 atom stereocenters. The second-order valence-corrected chi connectivity index (χ2v) is 7.12. The molecule has 1 aliphatic rings. The van der Waals surface area contributed by atoms with Gasteiger partial charge in [-0.3, -0.25) is 0 Å². The molecule has 1 heterocycles. The van der Waals surface area contributed by atoms with E-state index >= 15 is 0 Å². The van der Waals surface area contributed by atoms with Crippen LogP contribution in [0.15, 0.2) is 42.5 Å². The molecule has 2 aromatic carbocycles. The van der Waals surface area contributed by atoms with Gasteiger partial charge in [0.1, 0.15) is 5.82 Å². The molecule has 0 radical (unpaired) electrons. The van der Waals surface area contributed by atoms with Crippen LogP contribution in [0.4, 0.5) is 4.39 Å². The van der Waals surface area contributed by atoms with Crippen molar-refractivity contribution in [3.05, 3.63) is 70.8 Å². The fraction of sp³-hybridized carbons (Fsp3) is 0.261. The molecule has 7 nitrogen and oxygen atoms in total. The van der Waals surface area contributed by atoms with Gasteiger partial charge in [-0.15, -0.1) is 0 Å². The van der Waals surface area contributed by atoms with Crippen molar-refractivity contribution in [2.75, 3.05) is 14.2 Å². The first-order chi connectivity index (χ1) is 15.0. The summed E-state index contributed by atoms with van der Waals surface area (Å²) in [5.41, 5.74) is 2.94. The molecule has 0 saturated carbocycles. The van der Waals surface area contributed by atoms with E-state index in [1.807, 2.05) is 0 Å². The van der Waals surface area contributed by atoms with Crippen LogP contribution in [0.2, 0.25) is 0 Å². The van der Waals surface area contributed by atoms with Gasteiger partial charge in [0.05, 0.1) is 25.5 Å². The van der Waals surface area contributed by atoms with Gasteiger partial charge in [-0.05, 0) is 68.1 Å². The minimum atomic E-state index is -0.622. The Morgan fingerprint density at radius 1 is 0.968 bits per heavy atom. The van der Waals surface area contributed by atoms with E-state index in [9.17, 15) is 14.0 Å². The van der Waals surface area contributed by atoms with E-state index < -0.39 is 11.9 Å². The SMILES string of the molecule is COC(=O)c1ccc(OC(=O)c2nn(-c3ccc(F)cc3)c3c2CCCC3)c(OC)c1. The number of benzene rings is 2. The van der Waals surface area contributed by atoms with Gasteiger partial charge >= 0.3 is 11.9 Å². The topological polar surface area (TPSA) is 79.7 Å². The summed E-state index contributed by atoms with van der Waals surface area (Å²) in [5, 5.41) is 4.51. The average molecular weight is 424 g/mol. The van der Waals surface area contributed by atoms with E-state index in [4.69, 9.17) is 14.2 Å². The third-order valence-electron chi connectivity index (χ3n) is 5.23. The maximum Gasteiger partial charge on any atom is 0.364 e. The number of hydrogen-bond acceptors (Lipinski definition) is 6. The minimum absolute atomic E-state index is 0.168. The Morgan fingerprint density at radius 3 is 2.42 bits per heavy atom. The standard InChI is InChI=1S/C23H21FN2O5/c1-29-20-13-14(22(27)30-2)7-12-19(20)31-23(28)21-17-5-3-4-6-18(17)26(25-21)16-10-8-15(24)9-11-16/h7-13H,3-6H2,1-2H3. The number of ether oxygens (including phenoxy) is 3. The first kappa shape index (κ1) is 20.6. The van der Waals surface area contributed by atoms with Crippen LogP contribution in [0, 0.1) is 5.82 Å². The van der Waals surface area contributed by atoms with Crippen LogP contribution >= 0.6 is 0 Å². The summed E-state index contributed by atoms with van der Waals surface area (Å²) < 4.78 is 30.6. The maximum absolute atomic E-state index is 13.3. The Labute approximate surface area is 178 Å². The van der Waals surface area contributed by atoms with Gasteiger partial charge in [0, 0.05) is 11.3 Å². The summed E-state index contributed by atoms with van der Waals surface area (Å²) in [6.07, 6.45) is 3.40. The number of rotatable bonds is 5. The summed E-state index contributed by atoms with van der Waals surface area (Å²) in [6, 6.07) is 10.4. The normalized spacial score (nSPS) is 12.7. The number of fused-ring (bicyclic) bond motifs is 1. The molecule has 0 fully saturated rings. The largest absolute Gasteiger partial charge is 0.493 e. The van der Waals surface area contributed by atoms with Crippen LogP contribution in [-0.2, 0) is 17.6 Å². The Balaban J connectivity index is 1.68. The van der Waals surface area contributed by atoms with Gasteiger partial charge in [-0.25, -0.2) is 18.7 Å². The van der Waals surface area contributed by atoms with E-state index in [1.165, 1.54) is 44.6 Å². The number of halogens is 1. The Kier molecular flexibility index (Phi) is 5.70. The number of hydrogen-bond donors (Lipinski definition) is 0. The number of aromatic nitrogens is 2. The maximum atomic E-state index is 13.3. The Bertz CT molecular complexity index is 1140. The first-order valence-electron chi connectivity index (χ1n) is 9.87. The third kappa shape index (κ3) is 4.01. The van der Waals surface area contributed by atoms with Crippen molar-refractivity contribution in [1.29, 1.82) is 0 Å². The van der Waals surface area contributed by atoms with Crippen LogP contribution in [0.1, 0.15) is 44.9 Å². The van der Waals surface area contributed by atoms with Crippen molar-refractivity contribution in [3.8, 4) is 17.2 Å². The van der Waals surface area contributed by atoms with E-state index in [0.717, 1.165) is 30.5 Å². The molecule has 4 rings (SSSR count). The first-order valence-corrected chi connectivity index (χ1v) is 9.87. The summed E-state index contributed by atoms with van der Waals surface area (Å²) in [4.78, 5) is 24.8. The van der Waals surface area contributed by atoms with Crippen molar-refractivity contribution in [1.82, 2.24) is 9.78 Å². The second-order valence-electron chi connectivity index (χ2n) is 7.12. The predicted molar refractivity (Wildman–Crippen MR) is 109 cm³/mol. The van der Waals surface area contributed by atoms with Gasteiger partial charge in [-0.1, -0.05) is 0 Å². The molecule has 0 amide bonds. The molecule has 0 N–H and O–H groups in total. The number of nitrogens with zero attached hydrogens (tertiary/aromatic N) is 2. The number of methoxy groups -OCH3 is 2. The van der Waals surface area contributed by atoms with E-state index in [2.05, 4.69) is 5.10 Å². The lowest BCUT2D eigenvalue weighted by atomic mass is 9.95. The molecule has 8 heteroatoms. The molecule has 3 aromatic rings. The van der Waals surface area contributed by atoms with Crippen molar-refractivity contribution >= 4 is 11.9 Å².